The van der Waals surface area contributed by atoms with Gasteiger partial charge in [-0.2, -0.15) is 8.42 Å². The monoisotopic (exact) mass is 286 g/mol. The summed E-state index contributed by atoms with van der Waals surface area (Å²) in [6.07, 6.45) is 5.02. The van der Waals surface area contributed by atoms with Crippen LogP contribution in [0.15, 0.2) is 53.4 Å². The number of rotatable bonds is 4. The zero-order valence-corrected chi connectivity index (χ0v) is 11.9. The predicted octanol–water partition coefficient (Wildman–Crippen LogP) is 3.00. The van der Waals surface area contributed by atoms with Crippen LogP contribution < -0.4 is 0 Å². The number of aryl methyl sites for hydroxylation is 1. The number of hydrogen-bond donors (Lipinski definition) is 0. The molecule has 0 amide bonds. The average Bonchev–Trinajstić information content (AvgIpc) is 2.46. The Balaban J connectivity index is 2.48. The highest BCUT2D eigenvalue weighted by Gasteiger charge is 2.16. The Morgan fingerprint density at radius 1 is 1.15 bits per heavy atom. The van der Waals surface area contributed by atoms with Crippen molar-refractivity contribution in [3.8, 4) is 23.5 Å². The summed E-state index contributed by atoms with van der Waals surface area (Å²) in [5.41, 5.74) is 2.81. The summed E-state index contributed by atoms with van der Waals surface area (Å²) in [4.78, 5) is 0.109. The highest BCUT2D eigenvalue weighted by atomic mass is 32.2. The van der Waals surface area contributed by atoms with Crippen molar-refractivity contribution < 1.29 is 12.6 Å². The summed E-state index contributed by atoms with van der Waals surface area (Å²) in [6.45, 7) is 1.66. The fourth-order valence-corrected chi connectivity index (χ4v) is 2.72. The smallest absolute Gasteiger partial charge is 0.253 e. The molecular formula is C16H14O3S. The largest absolute Gasteiger partial charge is 0.297 e. The van der Waals surface area contributed by atoms with Crippen molar-refractivity contribution >= 4 is 10.1 Å². The summed E-state index contributed by atoms with van der Waals surface area (Å²) in [6, 6.07) is 14.5. The first-order chi connectivity index (χ1) is 9.54. The van der Waals surface area contributed by atoms with Gasteiger partial charge in [-0.1, -0.05) is 42.3 Å². The normalized spacial score (nSPS) is 11.0. The Hall–Kier alpha value is -2.09. The number of benzene rings is 2. The maximum atomic E-state index is 12.0. The van der Waals surface area contributed by atoms with Gasteiger partial charge < -0.3 is 0 Å². The average molecular weight is 286 g/mol. The second kappa shape index (κ2) is 5.91. The Bertz CT molecular complexity index is 741. The van der Waals surface area contributed by atoms with E-state index < -0.39 is 10.1 Å². The second-order valence-corrected chi connectivity index (χ2v) is 5.88. The van der Waals surface area contributed by atoms with Gasteiger partial charge in [0.25, 0.3) is 10.1 Å². The molecule has 0 saturated carbocycles. The van der Waals surface area contributed by atoms with E-state index in [0.29, 0.717) is 0 Å². The van der Waals surface area contributed by atoms with Crippen LogP contribution in [0.3, 0.4) is 0 Å². The third-order valence-corrected chi connectivity index (χ3v) is 4.14. The molecule has 2 aromatic carbocycles. The van der Waals surface area contributed by atoms with Crippen LogP contribution in [0.5, 0.6) is 0 Å². The van der Waals surface area contributed by atoms with Gasteiger partial charge >= 0.3 is 0 Å². The topological polar surface area (TPSA) is 43.4 Å². The molecule has 20 heavy (non-hydrogen) atoms. The molecule has 0 saturated heterocycles. The SMILES string of the molecule is C#CCOS(=O)(=O)c1ccc(C)c(-c2ccccc2)c1. The predicted molar refractivity (Wildman–Crippen MR) is 78.6 cm³/mol. The lowest BCUT2D eigenvalue weighted by Gasteiger charge is -2.09. The molecule has 0 aliphatic carbocycles. The van der Waals surface area contributed by atoms with Crippen LogP contribution in [0, 0.1) is 19.3 Å². The van der Waals surface area contributed by atoms with Crippen LogP contribution in [0.4, 0.5) is 0 Å². The van der Waals surface area contributed by atoms with Crippen molar-refractivity contribution in [1.29, 1.82) is 0 Å². The van der Waals surface area contributed by atoms with E-state index in [1.165, 1.54) is 6.07 Å². The second-order valence-electron chi connectivity index (χ2n) is 4.26. The van der Waals surface area contributed by atoms with Gasteiger partial charge in [-0.25, -0.2) is 0 Å². The molecule has 102 valence electrons. The first-order valence-electron chi connectivity index (χ1n) is 6.03. The van der Waals surface area contributed by atoms with E-state index in [9.17, 15) is 8.42 Å². The molecule has 0 heterocycles. The first kappa shape index (κ1) is 14.3. The van der Waals surface area contributed by atoms with Gasteiger partial charge in [0, 0.05) is 0 Å². The molecule has 4 heteroatoms. The molecule has 0 N–H and O–H groups in total. The minimum absolute atomic E-state index is 0.109. The Morgan fingerprint density at radius 3 is 2.50 bits per heavy atom. The lowest BCUT2D eigenvalue weighted by molar-refractivity contribution is 0.363. The van der Waals surface area contributed by atoms with Crippen LogP contribution in [-0.2, 0) is 14.3 Å². The van der Waals surface area contributed by atoms with Gasteiger partial charge in [-0.15, -0.1) is 6.42 Å². The van der Waals surface area contributed by atoms with Crippen LogP contribution in [0.2, 0.25) is 0 Å². The quantitative estimate of drug-likeness (QED) is 0.641. The van der Waals surface area contributed by atoms with Crippen LogP contribution in [-0.4, -0.2) is 15.0 Å². The van der Waals surface area contributed by atoms with Crippen molar-refractivity contribution in [2.45, 2.75) is 11.8 Å². The molecule has 0 unspecified atom stereocenters. The van der Waals surface area contributed by atoms with Crippen molar-refractivity contribution in [2.24, 2.45) is 0 Å². The molecule has 0 radical (unpaired) electrons. The summed E-state index contributed by atoms with van der Waals surface area (Å²) in [5.74, 6) is 2.15. The van der Waals surface area contributed by atoms with E-state index in [1.54, 1.807) is 12.1 Å². The van der Waals surface area contributed by atoms with Gasteiger partial charge in [0.2, 0.25) is 0 Å². The van der Waals surface area contributed by atoms with E-state index in [0.717, 1.165) is 16.7 Å². The van der Waals surface area contributed by atoms with E-state index in [2.05, 4.69) is 5.92 Å². The maximum absolute atomic E-state index is 12.0. The Labute approximate surface area is 119 Å². The highest BCUT2D eigenvalue weighted by Crippen LogP contribution is 2.26. The molecule has 2 aromatic rings. The maximum Gasteiger partial charge on any atom is 0.297 e. The summed E-state index contributed by atoms with van der Waals surface area (Å²) >= 11 is 0. The third kappa shape index (κ3) is 3.08. The van der Waals surface area contributed by atoms with Gasteiger partial charge in [-0.05, 0) is 35.7 Å². The van der Waals surface area contributed by atoms with E-state index in [4.69, 9.17) is 10.6 Å². The lowest BCUT2D eigenvalue weighted by atomic mass is 10.0. The standard InChI is InChI=1S/C16H14O3S/c1-3-11-19-20(17,18)15-10-9-13(2)16(12-15)14-7-5-4-6-8-14/h1,4-10,12H,11H2,2H3. The summed E-state index contributed by atoms with van der Waals surface area (Å²) in [7, 11) is -3.81. The highest BCUT2D eigenvalue weighted by molar-refractivity contribution is 7.86. The molecule has 3 nitrogen and oxygen atoms in total. The molecule has 0 atom stereocenters. The summed E-state index contributed by atoms with van der Waals surface area (Å²) < 4.78 is 28.7. The Morgan fingerprint density at radius 2 is 1.85 bits per heavy atom. The van der Waals surface area contributed by atoms with Crippen LogP contribution in [0.25, 0.3) is 11.1 Å². The number of terminal acetylenes is 1. The molecule has 2 rings (SSSR count). The molecule has 0 spiro atoms. The van der Waals surface area contributed by atoms with E-state index >= 15 is 0 Å². The molecular weight excluding hydrogens is 272 g/mol. The van der Waals surface area contributed by atoms with Crippen LogP contribution >= 0.6 is 0 Å². The van der Waals surface area contributed by atoms with E-state index in [-0.39, 0.29) is 11.5 Å². The molecule has 0 aliphatic rings. The minimum Gasteiger partial charge on any atom is -0.253 e. The molecule has 0 bridgehead atoms. The molecule has 0 aromatic heterocycles. The van der Waals surface area contributed by atoms with Crippen molar-refractivity contribution in [3.63, 3.8) is 0 Å². The fourth-order valence-electron chi connectivity index (χ4n) is 1.86. The van der Waals surface area contributed by atoms with Gasteiger partial charge in [-0.3, -0.25) is 4.18 Å². The molecule has 0 aliphatic heterocycles. The third-order valence-electron chi connectivity index (χ3n) is 2.88. The first-order valence-corrected chi connectivity index (χ1v) is 7.44. The van der Waals surface area contributed by atoms with E-state index in [1.807, 2.05) is 37.3 Å². The van der Waals surface area contributed by atoms with Crippen LogP contribution in [0.1, 0.15) is 5.56 Å². The lowest BCUT2D eigenvalue weighted by Crippen LogP contribution is -2.07. The minimum atomic E-state index is -3.81. The zero-order valence-electron chi connectivity index (χ0n) is 11.0. The van der Waals surface area contributed by atoms with Crippen molar-refractivity contribution in [3.05, 3.63) is 54.1 Å². The number of hydrogen-bond acceptors (Lipinski definition) is 3. The molecule has 0 fully saturated rings. The Kier molecular flexibility index (Phi) is 4.23. The van der Waals surface area contributed by atoms with Crippen molar-refractivity contribution in [1.82, 2.24) is 0 Å². The van der Waals surface area contributed by atoms with Gasteiger partial charge in [0.05, 0.1) is 4.90 Å². The zero-order chi connectivity index (χ0) is 14.6. The van der Waals surface area contributed by atoms with Crippen molar-refractivity contribution in [2.75, 3.05) is 6.61 Å². The van der Waals surface area contributed by atoms with Gasteiger partial charge in [0.1, 0.15) is 6.61 Å². The van der Waals surface area contributed by atoms with Gasteiger partial charge in [0.15, 0.2) is 0 Å². The summed E-state index contributed by atoms with van der Waals surface area (Å²) in [5, 5.41) is 0. The fraction of sp³-hybridized carbons (Fsp3) is 0.125.